The van der Waals surface area contributed by atoms with Crippen LogP contribution in [0.2, 0.25) is 0 Å². The van der Waals surface area contributed by atoms with Gasteiger partial charge in [0.2, 0.25) is 0 Å². The quantitative estimate of drug-likeness (QED) is 0.0643. The van der Waals surface area contributed by atoms with Gasteiger partial charge in [-0.05, 0) is 68.3 Å². The predicted octanol–water partition coefficient (Wildman–Crippen LogP) is 5.37. The Hall–Kier alpha value is -4.72. The van der Waals surface area contributed by atoms with Crippen molar-refractivity contribution >= 4 is 23.7 Å². The van der Waals surface area contributed by atoms with Gasteiger partial charge in [0.15, 0.2) is 5.78 Å². The first-order chi connectivity index (χ1) is 17.7. The number of rotatable bonds is 14. The van der Waals surface area contributed by atoms with Crippen LogP contribution in [0.25, 0.3) is 0 Å². The summed E-state index contributed by atoms with van der Waals surface area (Å²) in [5.74, 6) is -1.23. The number of benzene rings is 2. The van der Waals surface area contributed by atoms with Crippen LogP contribution < -0.4 is 4.74 Å². The van der Waals surface area contributed by atoms with Crippen molar-refractivity contribution in [2.45, 2.75) is 19.8 Å². The number of hydrogen-bond acceptors (Lipinski definition) is 8. The Morgan fingerprint density at radius 1 is 0.730 bits per heavy atom. The highest BCUT2D eigenvalue weighted by molar-refractivity contribution is 5.96. The van der Waals surface area contributed by atoms with Crippen LogP contribution in [0.5, 0.6) is 5.75 Å². The fourth-order valence-electron chi connectivity index (χ4n) is 2.76. The molecule has 0 aliphatic carbocycles. The Balaban J connectivity index is 1.75. The molecule has 0 radical (unpaired) electrons. The van der Waals surface area contributed by atoms with Crippen molar-refractivity contribution in [1.29, 1.82) is 0 Å². The smallest absolute Gasteiger partial charge is 0.343 e. The van der Waals surface area contributed by atoms with Crippen LogP contribution in [0.15, 0.2) is 98.0 Å². The van der Waals surface area contributed by atoms with Crippen LogP contribution in [0, 0.1) is 0 Å². The average molecular weight is 505 g/mol. The molecule has 2 rings (SSSR count). The van der Waals surface area contributed by atoms with Gasteiger partial charge in [-0.15, -0.1) is 0 Å². The molecule has 8 nitrogen and oxygen atoms in total. The van der Waals surface area contributed by atoms with E-state index in [1.54, 1.807) is 24.3 Å². The highest BCUT2D eigenvalue weighted by atomic mass is 16.5. The van der Waals surface area contributed by atoms with Crippen molar-refractivity contribution in [3.8, 4) is 5.75 Å². The molecule has 2 aromatic carbocycles. The summed E-state index contributed by atoms with van der Waals surface area (Å²) in [4.78, 5) is 46.8. The Labute approximate surface area is 215 Å². The van der Waals surface area contributed by atoms with E-state index in [1.807, 2.05) is 0 Å². The fraction of sp³-hybridized carbons (Fsp3) is 0.172. The zero-order valence-corrected chi connectivity index (χ0v) is 20.6. The van der Waals surface area contributed by atoms with E-state index >= 15 is 0 Å². The summed E-state index contributed by atoms with van der Waals surface area (Å²) >= 11 is 0. The second-order valence-electron chi connectivity index (χ2n) is 7.63. The van der Waals surface area contributed by atoms with Gasteiger partial charge < -0.3 is 18.9 Å². The highest BCUT2D eigenvalue weighted by Gasteiger charge is 2.11. The monoisotopic (exact) mass is 504 g/mol. The first-order valence-electron chi connectivity index (χ1n) is 11.3. The van der Waals surface area contributed by atoms with Gasteiger partial charge in [0.05, 0.1) is 24.3 Å². The Bertz CT molecular complexity index is 1190. The van der Waals surface area contributed by atoms with Crippen LogP contribution >= 0.6 is 0 Å². The summed E-state index contributed by atoms with van der Waals surface area (Å²) in [6, 6.07) is 12.4. The molecule has 2 aromatic rings. The first-order valence-corrected chi connectivity index (χ1v) is 11.3. The second kappa shape index (κ2) is 14.6. The Morgan fingerprint density at radius 3 is 1.68 bits per heavy atom. The third-order valence-corrected chi connectivity index (χ3v) is 4.74. The molecule has 0 fully saturated rings. The summed E-state index contributed by atoms with van der Waals surface area (Å²) in [5.41, 5.74) is 1.03. The second-order valence-corrected chi connectivity index (χ2v) is 7.63. The summed E-state index contributed by atoms with van der Waals surface area (Å²) in [6.07, 6.45) is 5.14. The van der Waals surface area contributed by atoms with E-state index in [9.17, 15) is 19.2 Å². The van der Waals surface area contributed by atoms with Gasteiger partial charge >= 0.3 is 17.9 Å². The van der Waals surface area contributed by atoms with E-state index in [0.717, 1.165) is 6.08 Å². The largest absolute Gasteiger partial charge is 0.494 e. The number of unbranched alkanes of at least 4 members (excludes halogenated alkanes) is 1. The topological polar surface area (TPSA) is 105 Å². The normalized spacial score (nSPS) is 10.3. The Morgan fingerprint density at radius 2 is 1.19 bits per heavy atom. The summed E-state index contributed by atoms with van der Waals surface area (Å²) in [7, 11) is 0. The minimum absolute atomic E-state index is 0.0122. The molecule has 0 heterocycles. The molecule has 0 aliphatic rings. The fourth-order valence-corrected chi connectivity index (χ4v) is 2.76. The van der Waals surface area contributed by atoms with Crippen LogP contribution in [-0.2, 0) is 19.0 Å². The molecule has 0 atom stereocenters. The van der Waals surface area contributed by atoms with E-state index in [-0.39, 0.29) is 28.4 Å². The summed E-state index contributed by atoms with van der Waals surface area (Å²) in [6.45, 7) is 12.8. The molecule has 0 bridgehead atoms. The lowest BCUT2D eigenvalue weighted by atomic mass is 10.1. The number of Topliss-reactive ketones (excluding diaryl/α,β-unsaturated/α-hetero) is 1. The predicted molar refractivity (Wildman–Crippen MR) is 137 cm³/mol. The standard InChI is InChI=1S/C29H28O8/c1-5-27(31)35-19-7-6-18-34-26-16-14-25(15-17-26)29(33)37-21(3)9-8-20(2)36-28(32)24-12-10-23(11-13-24)22(4)30/h5,8-17H,1-3,6-7,18-19H2,4H3/b9-8-. The summed E-state index contributed by atoms with van der Waals surface area (Å²) < 4.78 is 20.8. The van der Waals surface area contributed by atoms with Gasteiger partial charge in [-0.3, -0.25) is 4.79 Å². The maximum atomic E-state index is 12.3. The third-order valence-electron chi connectivity index (χ3n) is 4.74. The lowest BCUT2D eigenvalue weighted by Crippen LogP contribution is -2.06. The molecular weight excluding hydrogens is 476 g/mol. The van der Waals surface area contributed by atoms with E-state index in [0.29, 0.717) is 37.4 Å². The molecule has 37 heavy (non-hydrogen) atoms. The molecule has 0 aromatic heterocycles. The molecule has 0 N–H and O–H groups in total. The molecule has 0 spiro atoms. The molecule has 0 saturated heterocycles. The lowest BCUT2D eigenvalue weighted by molar-refractivity contribution is -0.137. The lowest BCUT2D eigenvalue weighted by Gasteiger charge is -2.08. The van der Waals surface area contributed by atoms with E-state index in [4.69, 9.17) is 18.9 Å². The minimum atomic E-state index is -0.647. The Kier molecular flexibility index (Phi) is 11.3. The van der Waals surface area contributed by atoms with Crippen molar-refractivity contribution in [3.05, 3.63) is 115 Å². The maximum Gasteiger partial charge on any atom is 0.343 e. The number of hydrogen-bond donors (Lipinski definition) is 0. The third kappa shape index (κ3) is 10.2. The number of carbonyl (C=O) groups is 4. The zero-order valence-electron chi connectivity index (χ0n) is 20.6. The molecule has 0 amide bonds. The number of esters is 3. The van der Waals surface area contributed by atoms with Crippen LogP contribution in [0.1, 0.15) is 50.8 Å². The number of ether oxygens (including phenoxy) is 4. The van der Waals surface area contributed by atoms with Crippen molar-refractivity contribution < 1.29 is 38.1 Å². The SMILES string of the molecule is C=CC(=O)OCCCCOc1ccc(C(=O)OC(=C)/C=C\C(=C)OC(=O)c2ccc(C(C)=O)cc2)cc1. The number of allylic oxidation sites excluding steroid dienone is 2. The van der Waals surface area contributed by atoms with Gasteiger partial charge in [-0.2, -0.15) is 0 Å². The van der Waals surface area contributed by atoms with Crippen LogP contribution in [0.3, 0.4) is 0 Å². The van der Waals surface area contributed by atoms with Gasteiger partial charge in [0, 0.05) is 11.6 Å². The zero-order chi connectivity index (χ0) is 27.2. The minimum Gasteiger partial charge on any atom is -0.494 e. The van der Waals surface area contributed by atoms with Crippen LogP contribution in [-0.4, -0.2) is 36.9 Å². The summed E-state index contributed by atoms with van der Waals surface area (Å²) in [5, 5.41) is 0. The van der Waals surface area contributed by atoms with E-state index < -0.39 is 17.9 Å². The van der Waals surface area contributed by atoms with E-state index in [2.05, 4.69) is 19.7 Å². The number of carbonyl (C=O) groups excluding carboxylic acids is 4. The van der Waals surface area contributed by atoms with Crippen molar-refractivity contribution in [3.63, 3.8) is 0 Å². The first kappa shape index (κ1) is 28.5. The molecule has 0 unspecified atom stereocenters. The number of ketones is 1. The van der Waals surface area contributed by atoms with Crippen LogP contribution in [0.4, 0.5) is 0 Å². The average Bonchev–Trinajstić information content (AvgIpc) is 2.89. The van der Waals surface area contributed by atoms with Crippen molar-refractivity contribution in [1.82, 2.24) is 0 Å². The maximum absolute atomic E-state index is 12.3. The molecule has 0 aliphatic heterocycles. The molecule has 0 saturated carbocycles. The molecular formula is C29H28O8. The van der Waals surface area contributed by atoms with Gasteiger partial charge in [0.1, 0.15) is 17.3 Å². The van der Waals surface area contributed by atoms with Gasteiger partial charge in [0.25, 0.3) is 0 Å². The van der Waals surface area contributed by atoms with Gasteiger partial charge in [-0.1, -0.05) is 31.9 Å². The van der Waals surface area contributed by atoms with Crippen molar-refractivity contribution in [2.75, 3.05) is 13.2 Å². The van der Waals surface area contributed by atoms with Gasteiger partial charge in [-0.25, -0.2) is 14.4 Å². The van der Waals surface area contributed by atoms with E-state index in [1.165, 1.54) is 43.3 Å². The molecule has 8 heteroatoms. The molecule has 192 valence electrons. The highest BCUT2D eigenvalue weighted by Crippen LogP contribution is 2.15. The van der Waals surface area contributed by atoms with Crippen molar-refractivity contribution in [2.24, 2.45) is 0 Å².